The van der Waals surface area contributed by atoms with Gasteiger partial charge in [-0.05, 0) is 49.9 Å². The van der Waals surface area contributed by atoms with Crippen LogP contribution in [0.3, 0.4) is 0 Å². The molecule has 0 unspecified atom stereocenters. The highest BCUT2D eigenvalue weighted by Crippen LogP contribution is 2.39. The Morgan fingerprint density at radius 2 is 2.06 bits per heavy atom. The molecule has 2 heteroatoms. The van der Waals surface area contributed by atoms with Gasteiger partial charge in [-0.3, -0.25) is 0 Å². The van der Waals surface area contributed by atoms with Crippen molar-refractivity contribution in [2.45, 2.75) is 38.7 Å². The molecule has 1 saturated carbocycles. The highest BCUT2D eigenvalue weighted by Gasteiger charge is 2.40. The van der Waals surface area contributed by atoms with Crippen LogP contribution in [0.5, 0.6) is 0 Å². The number of aliphatic hydroxyl groups is 1. The number of benzene rings is 1. The van der Waals surface area contributed by atoms with Gasteiger partial charge < -0.3 is 9.52 Å². The molecular formula is C14H16O2. The van der Waals surface area contributed by atoms with E-state index in [1.54, 1.807) is 0 Å². The van der Waals surface area contributed by atoms with Gasteiger partial charge in [0, 0.05) is 11.8 Å². The second kappa shape index (κ2) is 3.11. The molecule has 0 saturated heterocycles. The first kappa shape index (κ1) is 9.91. The molecule has 1 fully saturated rings. The smallest absolute Gasteiger partial charge is 0.134 e. The maximum atomic E-state index is 9.91. The van der Waals surface area contributed by atoms with Gasteiger partial charge in [0.15, 0.2) is 0 Å². The standard InChI is InChI=1S/C14H16O2/c1-9-10(2)16-13-4-3-11(7-12(9)13)8-14(15)5-6-14/h3-4,7,15H,5-6,8H2,1-2H3. The third kappa shape index (κ3) is 1.54. The first-order chi connectivity index (χ1) is 7.57. The topological polar surface area (TPSA) is 33.4 Å². The predicted molar refractivity (Wildman–Crippen MR) is 63.6 cm³/mol. The van der Waals surface area contributed by atoms with Crippen LogP contribution in [0, 0.1) is 13.8 Å². The number of aryl methyl sites for hydroxylation is 2. The van der Waals surface area contributed by atoms with E-state index in [2.05, 4.69) is 19.1 Å². The van der Waals surface area contributed by atoms with Gasteiger partial charge in [0.1, 0.15) is 11.3 Å². The fraction of sp³-hybridized carbons (Fsp3) is 0.429. The molecule has 0 spiro atoms. The second-order valence-corrected chi connectivity index (χ2v) is 5.01. The fourth-order valence-electron chi connectivity index (χ4n) is 2.20. The highest BCUT2D eigenvalue weighted by molar-refractivity contribution is 5.82. The Balaban J connectivity index is 2.04. The van der Waals surface area contributed by atoms with Crippen molar-refractivity contribution >= 4 is 11.0 Å². The van der Waals surface area contributed by atoms with Crippen molar-refractivity contribution in [1.82, 2.24) is 0 Å². The van der Waals surface area contributed by atoms with Crippen LogP contribution in [0.2, 0.25) is 0 Å². The van der Waals surface area contributed by atoms with E-state index in [4.69, 9.17) is 4.42 Å². The molecule has 84 valence electrons. The van der Waals surface area contributed by atoms with Gasteiger partial charge in [0.05, 0.1) is 5.60 Å². The summed E-state index contributed by atoms with van der Waals surface area (Å²) in [5.74, 6) is 0.984. The van der Waals surface area contributed by atoms with Crippen molar-refractivity contribution in [3.63, 3.8) is 0 Å². The molecule has 0 bridgehead atoms. The van der Waals surface area contributed by atoms with Crippen molar-refractivity contribution in [2.75, 3.05) is 0 Å². The predicted octanol–water partition coefficient (Wildman–Crippen LogP) is 3.12. The average molecular weight is 216 g/mol. The average Bonchev–Trinajstić information content (AvgIpc) is 2.90. The van der Waals surface area contributed by atoms with Crippen molar-refractivity contribution in [2.24, 2.45) is 0 Å². The SMILES string of the molecule is Cc1oc2ccc(CC3(O)CC3)cc2c1C. The molecule has 0 atom stereocenters. The van der Waals surface area contributed by atoms with E-state index in [9.17, 15) is 5.11 Å². The third-order valence-corrected chi connectivity index (χ3v) is 3.60. The second-order valence-electron chi connectivity index (χ2n) is 5.01. The number of fused-ring (bicyclic) bond motifs is 1. The number of rotatable bonds is 2. The zero-order valence-corrected chi connectivity index (χ0v) is 9.71. The fourth-order valence-corrected chi connectivity index (χ4v) is 2.20. The van der Waals surface area contributed by atoms with Gasteiger partial charge in [-0.1, -0.05) is 6.07 Å². The van der Waals surface area contributed by atoms with Crippen LogP contribution in [0.25, 0.3) is 11.0 Å². The van der Waals surface area contributed by atoms with Crippen molar-refractivity contribution < 1.29 is 9.52 Å². The summed E-state index contributed by atoms with van der Waals surface area (Å²) in [4.78, 5) is 0. The maximum absolute atomic E-state index is 9.91. The van der Waals surface area contributed by atoms with Gasteiger partial charge in [-0.15, -0.1) is 0 Å². The Morgan fingerprint density at radius 3 is 2.75 bits per heavy atom. The van der Waals surface area contributed by atoms with Crippen LogP contribution < -0.4 is 0 Å². The molecule has 0 aliphatic heterocycles. The van der Waals surface area contributed by atoms with Crippen molar-refractivity contribution in [1.29, 1.82) is 0 Å². The minimum Gasteiger partial charge on any atom is -0.461 e. The monoisotopic (exact) mass is 216 g/mol. The van der Waals surface area contributed by atoms with Crippen LogP contribution in [-0.4, -0.2) is 10.7 Å². The third-order valence-electron chi connectivity index (χ3n) is 3.60. The van der Waals surface area contributed by atoms with E-state index in [0.29, 0.717) is 0 Å². The van der Waals surface area contributed by atoms with Crippen LogP contribution in [-0.2, 0) is 6.42 Å². The quantitative estimate of drug-likeness (QED) is 0.836. The molecule has 0 amide bonds. The lowest BCUT2D eigenvalue weighted by atomic mass is 10.0. The van der Waals surface area contributed by atoms with Gasteiger partial charge >= 0.3 is 0 Å². The summed E-state index contributed by atoms with van der Waals surface area (Å²) < 4.78 is 5.64. The largest absolute Gasteiger partial charge is 0.461 e. The molecule has 3 rings (SSSR count). The van der Waals surface area contributed by atoms with Crippen LogP contribution >= 0.6 is 0 Å². The normalized spacial score (nSPS) is 17.9. The van der Waals surface area contributed by atoms with E-state index >= 15 is 0 Å². The summed E-state index contributed by atoms with van der Waals surface area (Å²) in [5, 5.41) is 11.1. The zero-order chi connectivity index (χ0) is 11.3. The summed E-state index contributed by atoms with van der Waals surface area (Å²) in [7, 11) is 0. The molecule has 1 aliphatic rings. The molecule has 2 nitrogen and oxygen atoms in total. The van der Waals surface area contributed by atoms with Crippen molar-refractivity contribution in [3.05, 3.63) is 35.1 Å². The Morgan fingerprint density at radius 1 is 1.31 bits per heavy atom. The van der Waals surface area contributed by atoms with Crippen LogP contribution in [0.4, 0.5) is 0 Å². The Labute approximate surface area is 94.9 Å². The highest BCUT2D eigenvalue weighted by atomic mass is 16.3. The van der Waals surface area contributed by atoms with Gasteiger partial charge in [0.2, 0.25) is 0 Å². The summed E-state index contributed by atoms with van der Waals surface area (Å²) in [6, 6.07) is 6.22. The van der Waals surface area contributed by atoms with Gasteiger partial charge in [0.25, 0.3) is 0 Å². The summed E-state index contributed by atoms with van der Waals surface area (Å²) in [5.41, 5.74) is 2.94. The molecule has 0 radical (unpaired) electrons. The Bertz CT molecular complexity index is 547. The van der Waals surface area contributed by atoms with Crippen LogP contribution in [0.15, 0.2) is 22.6 Å². The van der Waals surface area contributed by atoms with E-state index in [-0.39, 0.29) is 0 Å². The number of hydrogen-bond acceptors (Lipinski definition) is 2. The molecule has 1 aromatic carbocycles. The molecule has 1 aromatic heterocycles. The van der Waals surface area contributed by atoms with Gasteiger partial charge in [-0.2, -0.15) is 0 Å². The molecule has 1 heterocycles. The van der Waals surface area contributed by atoms with Crippen molar-refractivity contribution in [3.8, 4) is 0 Å². The summed E-state index contributed by atoms with van der Waals surface area (Å²) in [6.07, 6.45) is 2.65. The lowest BCUT2D eigenvalue weighted by Gasteiger charge is -2.07. The van der Waals surface area contributed by atoms with Crippen LogP contribution in [0.1, 0.15) is 29.7 Å². The lowest BCUT2D eigenvalue weighted by molar-refractivity contribution is 0.151. The Hall–Kier alpha value is -1.28. The van der Waals surface area contributed by atoms with E-state index < -0.39 is 5.60 Å². The first-order valence-corrected chi connectivity index (χ1v) is 5.78. The lowest BCUT2D eigenvalue weighted by Crippen LogP contribution is -2.10. The Kier molecular flexibility index (Phi) is 1.93. The van der Waals surface area contributed by atoms with Gasteiger partial charge in [-0.25, -0.2) is 0 Å². The molecule has 1 aliphatic carbocycles. The summed E-state index contributed by atoms with van der Waals surface area (Å²) in [6.45, 7) is 4.07. The molecule has 16 heavy (non-hydrogen) atoms. The van der Waals surface area contributed by atoms with E-state index in [0.717, 1.165) is 30.6 Å². The minimum atomic E-state index is -0.416. The maximum Gasteiger partial charge on any atom is 0.134 e. The number of furan rings is 1. The molecule has 1 N–H and O–H groups in total. The summed E-state index contributed by atoms with van der Waals surface area (Å²) >= 11 is 0. The van der Waals surface area contributed by atoms with E-state index in [1.807, 2.05) is 13.0 Å². The molecule has 2 aromatic rings. The zero-order valence-electron chi connectivity index (χ0n) is 9.71. The van der Waals surface area contributed by atoms with E-state index in [1.165, 1.54) is 16.5 Å². The molecular weight excluding hydrogens is 200 g/mol. The minimum absolute atomic E-state index is 0.416. The first-order valence-electron chi connectivity index (χ1n) is 5.78. The number of hydrogen-bond donors (Lipinski definition) is 1.